The molecule has 0 amide bonds. The minimum Gasteiger partial charge on any atom is -0.312 e. The van der Waals surface area contributed by atoms with Gasteiger partial charge in [0.2, 0.25) is 0 Å². The molecule has 2 aromatic carbocycles. The fourth-order valence-corrected chi connectivity index (χ4v) is 2.07. The van der Waals surface area contributed by atoms with Crippen molar-refractivity contribution in [2.75, 3.05) is 7.05 Å². The van der Waals surface area contributed by atoms with Crippen LogP contribution in [0.5, 0.6) is 0 Å². The molecule has 1 aliphatic rings. The van der Waals surface area contributed by atoms with Gasteiger partial charge in [0, 0.05) is 0 Å². The lowest BCUT2D eigenvalue weighted by molar-refractivity contribution is 0.622. The van der Waals surface area contributed by atoms with Gasteiger partial charge in [0.05, 0.1) is 11.5 Å². The van der Waals surface area contributed by atoms with Crippen LogP contribution in [0.25, 0.3) is 0 Å². The van der Waals surface area contributed by atoms with Gasteiger partial charge in [-0.1, -0.05) is 54.6 Å². The van der Waals surface area contributed by atoms with Gasteiger partial charge in [-0.05, 0) is 23.7 Å². The molecule has 0 aliphatic heterocycles. The van der Waals surface area contributed by atoms with Gasteiger partial charge in [0.1, 0.15) is 0 Å². The molecule has 94 valence electrons. The molecule has 0 spiro atoms. The molecule has 0 radical (unpaired) electrons. The summed E-state index contributed by atoms with van der Waals surface area (Å²) in [7, 11) is 1.84. The van der Waals surface area contributed by atoms with Gasteiger partial charge in [-0.3, -0.25) is 0 Å². The largest absolute Gasteiger partial charge is 0.312 e. The van der Waals surface area contributed by atoms with E-state index in [-0.39, 0.29) is 11.5 Å². The average molecular weight is 261 g/mol. The summed E-state index contributed by atoms with van der Waals surface area (Å²) in [6.07, 6.45) is -0.0406. The van der Waals surface area contributed by atoms with E-state index in [9.17, 15) is 0 Å². The molecule has 1 aliphatic carbocycles. The van der Waals surface area contributed by atoms with Crippen molar-refractivity contribution in [2.45, 2.75) is 11.5 Å². The van der Waals surface area contributed by atoms with Gasteiger partial charge in [-0.15, -0.1) is 11.6 Å². The zero-order valence-corrected chi connectivity index (χ0v) is 11.1. The molecule has 0 fully saturated rings. The van der Waals surface area contributed by atoms with Crippen molar-refractivity contribution in [3.05, 3.63) is 71.3 Å². The highest BCUT2D eigenvalue weighted by molar-refractivity contribution is 6.26. The maximum absolute atomic E-state index is 5.78. The second-order valence-electron chi connectivity index (χ2n) is 4.17. The van der Waals surface area contributed by atoms with E-state index in [1.807, 2.05) is 49.5 Å². The molecule has 3 heteroatoms. The summed E-state index contributed by atoms with van der Waals surface area (Å²) >= 11 is 5.78. The van der Waals surface area contributed by atoms with Crippen molar-refractivity contribution in [1.29, 1.82) is 0 Å². The molecule has 18 heavy (non-hydrogen) atoms. The first-order chi connectivity index (χ1) is 8.74. The predicted octanol–water partition coefficient (Wildman–Crippen LogP) is 3.19. The zero-order valence-electron chi connectivity index (χ0n) is 10.3. The van der Waals surface area contributed by atoms with Crippen LogP contribution < -0.4 is 11.1 Å². The smallest absolute Gasteiger partial charge is 0.0842 e. The third-order valence-electron chi connectivity index (χ3n) is 2.93. The number of nitrogens with two attached hydrogens (primary N) is 1. The maximum atomic E-state index is 5.78. The Bertz CT molecular complexity index is 476. The first-order valence-electron chi connectivity index (χ1n) is 5.94. The maximum Gasteiger partial charge on any atom is 0.0842 e. The van der Waals surface area contributed by atoms with Crippen molar-refractivity contribution < 1.29 is 0 Å². The Kier molecular flexibility index (Phi) is 4.37. The highest BCUT2D eigenvalue weighted by Crippen LogP contribution is 2.45. The standard InChI is InChI=1S/C8H12N2.C7H5Cl/c1-10-8(9)7-5-3-2-4-6-7;8-7-5-3-1-2-4-6(5)7/h2-6,8,10H,9H2,1H3;1-4,7H. The second kappa shape index (κ2) is 6.01. The molecule has 0 saturated heterocycles. The lowest BCUT2D eigenvalue weighted by atomic mass is 10.2. The first kappa shape index (κ1) is 13.1. The molecular formula is C15H17ClN2. The summed E-state index contributed by atoms with van der Waals surface area (Å²) in [4.78, 5) is 0. The van der Waals surface area contributed by atoms with E-state index < -0.39 is 0 Å². The van der Waals surface area contributed by atoms with E-state index >= 15 is 0 Å². The van der Waals surface area contributed by atoms with Crippen LogP contribution in [-0.2, 0) is 0 Å². The summed E-state index contributed by atoms with van der Waals surface area (Å²) in [6, 6.07) is 18.1. The van der Waals surface area contributed by atoms with Gasteiger partial charge in [0.15, 0.2) is 0 Å². The minimum atomic E-state index is -0.0406. The summed E-state index contributed by atoms with van der Waals surface area (Å²) in [5.41, 5.74) is 9.40. The Labute approximate surface area is 113 Å². The SMILES string of the molecule is CNC(N)c1ccccc1.ClC1c2ccccc21. The third-order valence-corrected chi connectivity index (χ3v) is 3.40. The third kappa shape index (κ3) is 3.10. The first-order valence-corrected chi connectivity index (χ1v) is 6.38. The Balaban J connectivity index is 0.000000136. The number of alkyl halides is 1. The molecule has 1 atom stereocenters. The number of hydrogen-bond donors (Lipinski definition) is 2. The highest BCUT2D eigenvalue weighted by atomic mass is 35.5. The molecule has 2 aromatic rings. The summed E-state index contributed by atoms with van der Waals surface area (Å²) in [6.45, 7) is 0. The van der Waals surface area contributed by atoms with Crippen molar-refractivity contribution in [2.24, 2.45) is 5.73 Å². The number of hydrogen-bond acceptors (Lipinski definition) is 2. The lowest BCUT2D eigenvalue weighted by Gasteiger charge is -2.08. The highest BCUT2D eigenvalue weighted by Gasteiger charge is 2.28. The van der Waals surface area contributed by atoms with Crippen molar-refractivity contribution in [1.82, 2.24) is 5.32 Å². The van der Waals surface area contributed by atoms with Crippen molar-refractivity contribution >= 4 is 11.6 Å². The average Bonchev–Trinajstić information content (AvgIpc) is 3.11. The molecule has 3 N–H and O–H groups in total. The van der Waals surface area contributed by atoms with Crippen LogP contribution in [0.4, 0.5) is 0 Å². The van der Waals surface area contributed by atoms with Gasteiger partial charge < -0.3 is 11.1 Å². The molecule has 0 bridgehead atoms. The minimum absolute atomic E-state index is 0.0406. The van der Waals surface area contributed by atoms with Crippen molar-refractivity contribution in [3.63, 3.8) is 0 Å². The van der Waals surface area contributed by atoms with Crippen LogP contribution in [0, 0.1) is 0 Å². The van der Waals surface area contributed by atoms with Gasteiger partial charge in [-0.25, -0.2) is 0 Å². The Morgan fingerprint density at radius 3 is 1.94 bits per heavy atom. The van der Waals surface area contributed by atoms with Gasteiger partial charge in [0.25, 0.3) is 0 Å². The number of nitrogens with one attached hydrogen (secondary N) is 1. The summed E-state index contributed by atoms with van der Waals surface area (Å²) in [5, 5.41) is 3.20. The fourth-order valence-electron chi connectivity index (χ4n) is 1.73. The quantitative estimate of drug-likeness (QED) is 0.643. The fraction of sp³-hybridized carbons (Fsp3) is 0.200. The van der Waals surface area contributed by atoms with E-state index in [0.717, 1.165) is 5.56 Å². The second-order valence-corrected chi connectivity index (χ2v) is 4.60. The van der Waals surface area contributed by atoms with Crippen LogP contribution in [0.15, 0.2) is 54.6 Å². The van der Waals surface area contributed by atoms with E-state index in [4.69, 9.17) is 17.3 Å². The zero-order chi connectivity index (χ0) is 13.0. The number of fused-ring (bicyclic) bond motifs is 1. The van der Waals surface area contributed by atoms with Crippen LogP contribution in [0.1, 0.15) is 28.2 Å². The topological polar surface area (TPSA) is 38.0 Å². The molecule has 0 saturated carbocycles. The van der Waals surface area contributed by atoms with Crippen LogP contribution in [0.2, 0.25) is 0 Å². The normalized spacial score (nSPS) is 14.2. The van der Waals surface area contributed by atoms with Gasteiger partial charge in [-0.2, -0.15) is 0 Å². The molecule has 3 rings (SSSR count). The molecule has 0 aromatic heterocycles. The number of benzene rings is 2. The van der Waals surface area contributed by atoms with E-state index in [2.05, 4.69) is 17.4 Å². The van der Waals surface area contributed by atoms with Crippen LogP contribution in [0.3, 0.4) is 0 Å². The van der Waals surface area contributed by atoms with E-state index in [1.54, 1.807) is 0 Å². The van der Waals surface area contributed by atoms with Crippen LogP contribution >= 0.6 is 11.6 Å². The summed E-state index contributed by atoms with van der Waals surface area (Å²) in [5.74, 6) is 0. The molecule has 1 unspecified atom stereocenters. The summed E-state index contributed by atoms with van der Waals surface area (Å²) < 4.78 is 0. The van der Waals surface area contributed by atoms with Gasteiger partial charge >= 0.3 is 0 Å². The Hall–Kier alpha value is -1.35. The van der Waals surface area contributed by atoms with E-state index in [0.29, 0.717) is 0 Å². The number of halogens is 1. The molecular weight excluding hydrogens is 244 g/mol. The monoisotopic (exact) mass is 260 g/mol. The molecule has 0 heterocycles. The van der Waals surface area contributed by atoms with Crippen LogP contribution in [-0.4, -0.2) is 7.05 Å². The lowest BCUT2D eigenvalue weighted by Crippen LogP contribution is -2.24. The Morgan fingerprint density at radius 1 is 1.00 bits per heavy atom. The van der Waals surface area contributed by atoms with E-state index in [1.165, 1.54) is 11.1 Å². The Morgan fingerprint density at radius 2 is 1.50 bits per heavy atom. The molecule has 2 nitrogen and oxygen atoms in total. The number of rotatable bonds is 2. The van der Waals surface area contributed by atoms with Crippen molar-refractivity contribution in [3.8, 4) is 0 Å². The predicted molar refractivity (Wildman–Crippen MR) is 76.6 cm³/mol.